The highest BCUT2D eigenvalue weighted by molar-refractivity contribution is 5.86. The Bertz CT molecular complexity index is 428. The summed E-state index contributed by atoms with van der Waals surface area (Å²) in [4.78, 5) is 30.9. The molecule has 6 heteroatoms. The summed E-state index contributed by atoms with van der Waals surface area (Å²) in [5, 5.41) is 9.29. The highest BCUT2D eigenvalue weighted by Crippen LogP contribution is 2.27. The average Bonchev–Trinajstić information content (AvgIpc) is 2.47. The lowest BCUT2D eigenvalue weighted by molar-refractivity contribution is -0.150. The second kappa shape index (κ2) is 6.54. The fraction of sp³-hybridized carbons (Fsp3) is 0.875. The Morgan fingerprint density at radius 3 is 2.50 bits per heavy atom. The van der Waals surface area contributed by atoms with Gasteiger partial charge >= 0.3 is 0 Å². The summed E-state index contributed by atoms with van der Waals surface area (Å²) in [6.07, 6.45) is 3.85. The maximum Gasteiger partial charge on any atom is 0.226 e. The van der Waals surface area contributed by atoms with E-state index in [9.17, 15) is 14.7 Å². The van der Waals surface area contributed by atoms with Crippen molar-refractivity contribution in [3.05, 3.63) is 0 Å². The molecule has 0 saturated carbocycles. The molecule has 3 heterocycles. The van der Waals surface area contributed by atoms with Crippen molar-refractivity contribution < 1.29 is 14.7 Å². The van der Waals surface area contributed by atoms with E-state index >= 15 is 0 Å². The van der Waals surface area contributed by atoms with Gasteiger partial charge in [0.15, 0.2) is 0 Å². The van der Waals surface area contributed by atoms with Gasteiger partial charge in [0.05, 0.1) is 6.10 Å². The van der Waals surface area contributed by atoms with Crippen molar-refractivity contribution in [2.75, 3.05) is 39.8 Å². The van der Waals surface area contributed by atoms with Gasteiger partial charge in [0.1, 0.15) is 0 Å². The number of carbonyl (C=O) groups excluding carboxylic acids is 2. The molecule has 0 radical (unpaired) electrons. The van der Waals surface area contributed by atoms with E-state index in [0.717, 1.165) is 45.3 Å². The largest absolute Gasteiger partial charge is 0.389 e. The molecule has 1 N–H and O–H groups in total. The number of hydrogen-bond acceptors (Lipinski definition) is 4. The number of piperidine rings is 2. The average molecular weight is 309 g/mol. The van der Waals surface area contributed by atoms with Gasteiger partial charge in [-0.05, 0) is 45.8 Å². The molecule has 3 saturated heterocycles. The third kappa shape index (κ3) is 3.27. The molecule has 3 aliphatic heterocycles. The molecule has 124 valence electrons. The molecule has 2 amide bonds. The minimum Gasteiger partial charge on any atom is -0.389 e. The van der Waals surface area contributed by atoms with Gasteiger partial charge in [-0.25, -0.2) is 0 Å². The van der Waals surface area contributed by atoms with Gasteiger partial charge in [0.25, 0.3) is 0 Å². The summed E-state index contributed by atoms with van der Waals surface area (Å²) in [5.74, 6) is 0.0442. The zero-order valence-electron chi connectivity index (χ0n) is 13.4. The second-order valence-electron chi connectivity index (χ2n) is 7.06. The Morgan fingerprint density at radius 2 is 1.86 bits per heavy atom. The van der Waals surface area contributed by atoms with Gasteiger partial charge in [0.2, 0.25) is 11.8 Å². The lowest BCUT2D eigenvalue weighted by atomic mass is 9.90. The fourth-order valence-corrected chi connectivity index (χ4v) is 3.83. The van der Waals surface area contributed by atoms with E-state index in [1.165, 1.54) is 0 Å². The van der Waals surface area contributed by atoms with Crippen LogP contribution in [-0.2, 0) is 9.59 Å². The van der Waals surface area contributed by atoms with Crippen LogP contribution in [0.25, 0.3) is 0 Å². The number of hydrogen-bond donors (Lipinski definition) is 1. The van der Waals surface area contributed by atoms with Gasteiger partial charge in [0, 0.05) is 38.0 Å². The Hall–Kier alpha value is -1.14. The van der Waals surface area contributed by atoms with Crippen LogP contribution in [0, 0.1) is 5.92 Å². The van der Waals surface area contributed by atoms with Crippen molar-refractivity contribution in [1.82, 2.24) is 14.7 Å². The molecule has 3 aliphatic rings. The van der Waals surface area contributed by atoms with E-state index in [2.05, 4.69) is 11.9 Å². The fourth-order valence-electron chi connectivity index (χ4n) is 3.83. The van der Waals surface area contributed by atoms with Crippen molar-refractivity contribution in [3.63, 3.8) is 0 Å². The number of likely N-dealkylation sites (tertiary alicyclic amines) is 3. The van der Waals surface area contributed by atoms with E-state index in [4.69, 9.17) is 0 Å². The number of rotatable bonds is 3. The quantitative estimate of drug-likeness (QED) is 0.791. The second-order valence-corrected chi connectivity index (χ2v) is 7.06. The Morgan fingerprint density at radius 1 is 1.18 bits per heavy atom. The predicted molar refractivity (Wildman–Crippen MR) is 82.2 cm³/mol. The van der Waals surface area contributed by atoms with Crippen LogP contribution in [0.2, 0.25) is 0 Å². The van der Waals surface area contributed by atoms with Gasteiger partial charge in [-0.1, -0.05) is 0 Å². The molecular weight excluding hydrogens is 282 g/mol. The first-order valence-electron chi connectivity index (χ1n) is 8.49. The molecule has 0 aromatic carbocycles. The monoisotopic (exact) mass is 309 g/mol. The van der Waals surface area contributed by atoms with Crippen molar-refractivity contribution in [2.24, 2.45) is 5.92 Å². The summed E-state index contributed by atoms with van der Waals surface area (Å²) in [6, 6.07) is 0.354. The highest BCUT2D eigenvalue weighted by Gasteiger charge is 2.37. The zero-order chi connectivity index (χ0) is 15.7. The number of aliphatic hydroxyl groups is 1. The van der Waals surface area contributed by atoms with Gasteiger partial charge in [-0.3, -0.25) is 9.59 Å². The molecule has 6 nitrogen and oxygen atoms in total. The summed E-state index contributed by atoms with van der Waals surface area (Å²) in [5.41, 5.74) is 0. The molecule has 0 aliphatic carbocycles. The molecule has 0 bridgehead atoms. The number of nitrogens with zero attached hydrogens (tertiary/aromatic N) is 3. The van der Waals surface area contributed by atoms with Crippen LogP contribution < -0.4 is 0 Å². The summed E-state index contributed by atoms with van der Waals surface area (Å²) in [7, 11) is 2.12. The first-order chi connectivity index (χ1) is 10.5. The highest BCUT2D eigenvalue weighted by atomic mass is 16.3. The minimum absolute atomic E-state index is 0.0221. The minimum atomic E-state index is -0.373. The van der Waals surface area contributed by atoms with E-state index in [-0.39, 0.29) is 23.8 Å². The number of β-amino-alcohol motifs (C(OH)–C–C–N with tert-alkyl or cyclic N) is 1. The van der Waals surface area contributed by atoms with Gasteiger partial charge in [-0.15, -0.1) is 0 Å². The van der Waals surface area contributed by atoms with Crippen LogP contribution in [0.15, 0.2) is 0 Å². The Balaban J connectivity index is 1.54. The normalized spacial score (nSPS) is 28.8. The topological polar surface area (TPSA) is 64.1 Å². The molecular formula is C16H27N3O3. The molecule has 0 aromatic rings. The van der Waals surface area contributed by atoms with Crippen LogP contribution in [-0.4, -0.2) is 83.5 Å². The van der Waals surface area contributed by atoms with Gasteiger partial charge in [-0.2, -0.15) is 0 Å². The van der Waals surface area contributed by atoms with Crippen molar-refractivity contribution in [1.29, 1.82) is 0 Å². The van der Waals surface area contributed by atoms with Crippen LogP contribution in [0.1, 0.15) is 32.1 Å². The van der Waals surface area contributed by atoms with E-state index in [1.54, 1.807) is 4.90 Å². The van der Waals surface area contributed by atoms with Crippen molar-refractivity contribution >= 4 is 11.8 Å². The lowest BCUT2D eigenvalue weighted by Crippen LogP contribution is -2.55. The SMILES string of the molecule is CN1CCC(N2CCCC(CC(=O)N3CC(O)C3)C2=O)CC1. The number of amides is 2. The predicted octanol–water partition coefficient (Wildman–Crippen LogP) is -0.0876. The van der Waals surface area contributed by atoms with Crippen LogP contribution >= 0.6 is 0 Å². The first-order valence-corrected chi connectivity index (χ1v) is 8.49. The van der Waals surface area contributed by atoms with Crippen LogP contribution in [0.4, 0.5) is 0 Å². The third-order valence-corrected chi connectivity index (χ3v) is 5.35. The number of carbonyl (C=O) groups is 2. The molecule has 0 aromatic heterocycles. The third-order valence-electron chi connectivity index (χ3n) is 5.35. The molecule has 1 atom stereocenters. The van der Waals surface area contributed by atoms with Crippen molar-refractivity contribution in [2.45, 2.75) is 44.2 Å². The molecule has 0 spiro atoms. The zero-order valence-corrected chi connectivity index (χ0v) is 13.4. The maximum absolute atomic E-state index is 12.7. The van der Waals surface area contributed by atoms with Crippen LogP contribution in [0.3, 0.4) is 0 Å². The Labute approximate surface area is 132 Å². The summed E-state index contributed by atoms with van der Waals surface area (Å²) >= 11 is 0. The van der Waals surface area contributed by atoms with Gasteiger partial charge < -0.3 is 19.8 Å². The summed E-state index contributed by atoms with van der Waals surface area (Å²) in [6.45, 7) is 3.80. The molecule has 3 rings (SSSR count). The molecule has 22 heavy (non-hydrogen) atoms. The smallest absolute Gasteiger partial charge is 0.226 e. The standard InChI is InChI=1S/C16H27N3O3/c1-17-7-4-13(5-8-17)19-6-2-3-12(16(19)22)9-15(21)18-10-14(20)11-18/h12-14,20H,2-11H2,1H3. The number of aliphatic hydroxyl groups excluding tert-OH is 1. The van der Waals surface area contributed by atoms with Crippen molar-refractivity contribution in [3.8, 4) is 0 Å². The van der Waals surface area contributed by atoms with E-state index in [1.807, 2.05) is 4.90 Å². The lowest BCUT2D eigenvalue weighted by Gasteiger charge is -2.42. The summed E-state index contributed by atoms with van der Waals surface area (Å²) < 4.78 is 0. The first kappa shape index (κ1) is 15.7. The molecule has 3 fully saturated rings. The molecule has 1 unspecified atom stereocenters. The maximum atomic E-state index is 12.7. The van der Waals surface area contributed by atoms with Crippen LogP contribution in [0.5, 0.6) is 0 Å². The van der Waals surface area contributed by atoms with E-state index in [0.29, 0.717) is 25.6 Å². The Kier molecular flexibility index (Phi) is 4.68. The van der Waals surface area contributed by atoms with E-state index < -0.39 is 0 Å².